The molecule has 2 heterocycles. The molecule has 154 valence electrons. The van der Waals surface area contributed by atoms with Gasteiger partial charge in [-0.3, -0.25) is 9.48 Å². The van der Waals surface area contributed by atoms with Crippen LogP contribution in [-0.2, 0) is 17.8 Å². The predicted molar refractivity (Wildman–Crippen MR) is 117 cm³/mol. The first-order valence-electron chi connectivity index (χ1n) is 9.90. The number of amides is 1. The van der Waals surface area contributed by atoms with Crippen molar-refractivity contribution in [3.8, 4) is 5.69 Å². The summed E-state index contributed by atoms with van der Waals surface area (Å²) in [5.74, 6) is 1.11. The largest absolute Gasteiger partial charge is 0.311 e. The van der Waals surface area contributed by atoms with Gasteiger partial charge in [-0.05, 0) is 56.9 Å². The third-order valence-electron chi connectivity index (χ3n) is 4.82. The molecule has 0 aliphatic heterocycles. The first-order chi connectivity index (χ1) is 13.7. The van der Waals surface area contributed by atoms with E-state index in [2.05, 4.69) is 36.3 Å². The van der Waals surface area contributed by atoms with Gasteiger partial charge in [0.15, 0.2) is 0 Å². The first-order valence-corrected chi connectivity index (χ1v) is 10.3. The van der Waals surface area contributed by atoms with E-state index in [-0.39, 0.29) is 5.91 Å². The number of hydrogen-bond acceptors (Lipinski definition) is 3. The van der Waals surface area contributed by atoms with Crippen molar-refractivity contribution in [3.63, 3.8) is 0 Å². The van der Waals surface area contributed by atoms with Crippen molar-refractivity contribution in [1.29, 1.82) is 0 Å². The summed E-state index contributed by atoms with van der Waals surface area (Å²) in [4.78, 5) is 12.6. The van der Waals surface area contributed by atoms with Crippen LogP contribution in [0, 0.1) is 26.7 Å². The summed E-state index contributed by atoms with van der Waals surface area (Å²) in [5.41, 5.74) is 4.92. The van der Waals surface area contributed by atoms with E-state index < -0.39 is 0 Å². The van der Waals surface area contributed by atoms with Crippen molar-refractivity contribution in [2.45, 2.75) is 54.0 Å². The van der Waals surface area contributed by atoms with Crippen molar-refractivity contribution < 1.29 is 4.79 Å². The summed E-state index contributed by atoms with van der Waals surface area (Å²) < 4.78 is 3.75. The molecule has 0 unspecified atom stereocenters. The minimum absolute atomic E-state index is 0.0522. The summed E-state index contributed by atoms with van der Waals surface area (Å²) in [7, 11) is 0. The second-order valence-corrected chi connectivity index (χ2v) is 8.27. The van der Waals surface area contributed by atoms with Crippen LogP contribution in [-0.4, -0.2) is 25.5 Å². The molecule has 0 atom stereocenters. The van der Waals surface area contributed by atoms with Gasteiger partial charge in [0.05, 0.1) is 17.1 Å². The standard InChI is InChI=1S/C22H28ClN5O/c1-14(2)13-27-17(5)20(16(4)26-27)9-10-22(29)24-21-11-15(3)25-28(21)19-8-6-7-18(23)12-19/h6-8,11-12,14H,9-10,13H2,1-5H3,(H,24,29). The van der Waals surface area contributed by atoms with E-state index in [4.69, 9.17) is 11.6 Å². The molecule has 29 heavy (non-hydrogen) atoms. The quantitative estimate of drug-likeness (QED) is 0.600. The Morgan fingerprint density at radius 1 is 1.17 bits per heavy atom. The summed E-state index contributed by atoms with van der Waals surface area (Å²) in [6, 6.07) is 9.25. The molecule has 3 rings (SSSR count). The second kappa shape index (κ2) is 8.82. The van der Waals surface area contributed by atoms with Gasteiger partial charge in [0.2, 0.25) is 5.91 Å². The van der Waals surface area contributed by atoms with Crippen LogP contribution in [0.5, 0.6) is 0 Å². The van der Waals surface area contributed by atoms with Crippen molar-refractivity contribution >= 4 is 23.3 Å². The lowest BCUT2D eigenvalue weighted by Crippen LogP contribution is -2.16. The fraction of sp³-hybridized carbons (Fsp3) is 0.409. The van der Waals surface area contributed by atoms with Gasteiger partial charge in [-0.2, -0.15) is 10.2 Å². The fourth-order valence-corrected chi connectivity index (χ4v) is 3.64. The van der Waals surface area contributed by atoms with Crippen LogP contribution in [0.15, 0.2) is 30.3 Å². The topological polar surface area (TPSA) is 64.7 Å². The van der Waals surface area contributed by atoms with Gasteiger partial charge in [0, 0.05) is 29.7 Å². The van der Waals surface area contributed by atoms with Crippen molar-refractivity contribution in [2.75, 3.05) is 5.32 Å². The maximum atomic E-state index is 12.6. The van der Waals surface area contributed by atoms with Crippen LogP contribution in [0.2, 0.25) is 5.02 Å². The number of rotatable bonds is 7. The molecule has 0 saturated carbocycles. The van der Waals surface area contributed by atoms with Crippen LogP contribution in [0.4, 0.5) is 5.82 Å². The molecule has 0 fully saturated rings. The van der Waals surface area contributed by atoms with Gasteiger partial charge < -0.3 is 5.32 Å². The summed E-state index contributed by atoms with van der Waals surface area (Å²) >= 11 is 6.10. The molecule has 0 aliphatic rings. The number of benzene rings is 1. The SMILES string of the molecule is Cc1cc(NC(=O)CCc2c(C)nn(CC(C)C)c2C)n(-c2cccc(Cl)c2)n1. The fourth-order valence-electron chi connectivity index (χ4n) is 3.46. The zero-order valence-corrected chi connectivity index (χ0v) is 18.4. The number of aromatic nitrogens is 4. The van der Waals surface area contributed by atoms with Crippen LogP contribution < -0.4 is 5.32 Å². The number of aryl methyl sites for hydroxylation is 2. The zero-order chi connectivity index (χ0) is 21.1. The molecule has 0 radical (unpaired) electrons. The summed E-state index contributed by atoms with van der Waals surface area (Å²) in [5, 5.41) is 12.7. The Bertz CT molecular complexity index is 1020. The van der Waals surface area contributed by atoms with Gasteiger partial charge in [-0.15, -0.1) is 0 Å². The third kappa shape index (κ3) is 5.07. The van der Waals surface area contributed by atoms with Gasteiger partial charge in [0.1, 0.15) is 5.82 Å². The Labute approximate surface area is 176 Å². The number of carbonyl (C=O) groups is 1. The molecule has 0 aliphatic carbocycles. The lowest BCUT2D eigenvalue weighted by Gasteiger charge is -2.10. The lowest BCUT2D eigenvalue weighted by molar-refractivity contribution is -0.116. The van der Waals surface area contributed by atoms with Crippen LogP contribution >= 0.6 is 11.6 Å². The Kier molecular flexibility index (Phi) is 6.42. The van der Waals surface area contributed by atoms with E-state index in [1.54, 1.807) is 4.68 Å². The smallest absolute Gasteiger partial charge is 0.225 e. The monoisotopic (exact) mass is 413 g/mol. The summed E-state index contributed by atoms with van der Waals surface area (Å²) in [6.07, 6.45) is 1.04. The average Bonchev–Trinajstić information content (AvgIpc) is 3.12. The highest BCUT2D eigenvalue weighted by Gasteiger charge is 2.15. The number of nitrogens with zero attached hydrogens (tertiary/aromatic N) is 4. The third-order valence-corrected chi connectivity index (χ3v) is 5.06. The van der Waals surface area contributed by atoms with E-state index in [9.17, 15) is 4.79 Å². The lowest BCUT2D eigenvalue weighted by atomic mass is 10.1. The van der Waals surface area contributed by atoms with Crippen LogP contribution in [0.1, 0.15) is 42.9 Å². The van der Waals surface area contributed by atoms with Crippen molar-refractivity contribution in [1.82, 2.24) is 19.6 Å². The number of hydrogen-bond donors (Lipinski definition) is 1. The van der Waals surface area contributed by atoms with E-state index in [1.165, 1.54) is 0 Å². The number of halogens is 1. The number of anilines is 1. The second-order valence-electron chi connectivity index (χ2n) is 7.84. The van der Waals surface area contributed by atoms with Crippen LogP contribution in [0.3, 0.4) is 0 Å². The van der Waals surface area contributed by atoms with E-state index in [1.807, 2.05) is 48.9 Å². The van der Waals surface area contributed by atoms with Gasteiger partial charge in [-0.25, -0.2) is 4.68 Å². The first kappa shape index (κ1) is 21.1. The molecule has 2 aromatic heterocycles. The highest BCUT2D eigenvalue weighted by molar-refractivity contribution is 6.30. The molecule has 1 amide bonds. The van der Waals surface area contributed by atoms with E-state index in [0.717, 1.165) is 34.9 Å². The van der Waals surface area contributed by atoms with Gasteiger partial charge >= 0.3 is 0 Å². The zero-order valence-electron chi connectivity index (χ0n) is 17.7. The number of nitrogens with one attached hydrogen (secondary N) is 1. The normalized spacial score (nSPS) is 11.3. The molecule has 3 aromatic rings. The Balaban J connectivity index is 1.71. The van der Waals surface area contributed by atoms with Gasteiger partial charge in [0.25, 0.3) is 0 Å². The molecule has 1 aromatic carbocycles. The molecule has 0 spiro atoms. The van der Waals surface area contributed by atoms with Crippen molar-refractivity contribution in [2.24, 2.45) is 5.92 Å². The Morgan fingerprint density at radius 2 is 1.93 bits per heavy atom. The van der Waals surface area contributed by atoms with Gasteiger partial charge in [-0.1, -0.05) is 31.5 Å². The highest BCUT2D eigenvalue weighted by Crippen LogP contribution is 2.21. The molecular weight excluding hydrogens is 386 g/mol. The molecule has 6 nitrogen and oxygen atoms in total. The molecule has 7 heteroatoms. The average molecular weight is 414 g/mol. The predicted octanol–water partition coefficient (Wildman–Crippen LogP) is 4.87. The maximum absolute atomic E-state index is 12.6. The minimum atomic E-state index is -0.0522. The Morgan fingerprint density at radius 3 is 2.62 bits per heavy atom. The van der Waals surface area contributed by atoms with Crippen molar-refractivity contribution in [3.05, 3.63) is 58.0 Å². The highest BCUT2D eigenvalue weighted by atomic mass is 35.5. The minimum Gasteiger partial charge on any atom is -0.311 e. The van der Waals surface area contributed by atoms with Crippen LogP contribution in [0.25, 0.3) is 5.69 Å². The summed E-state index contributed by atoms with van der Waals surface area (Å²) in [6.45, 7) is 11.2. The molecule has 0 saturated heterocycles. The van der Waals surface area contributed by atoms with E-state index in [0.29, 0.717) is 29.6 Å². The number of carbonyl (C=O) groups excluding carboxylic acids is 1. The maximum Gasteiger partial charge on any atom is 0.225 e. The van der Waals surface area contributed by atoms with E-state index >= 15 is 0 Å². The molecular formula is C22H28ClN5O. The molecule has 1 N–H and O–H groups in total. The Hall–Kier alpha value is -2.60. The molecule has 0 bridgehead atoms.